The standard InChI is InChI=1S/C6H6O13Si2/c7-1(8)20(2(9)10,3(11)12)19-21(4(13)14,5(15)16)6(17)18/h(H,7,8)(H,9,10)(H,11,12)(H,13,14)(H,15,16)(H,17,18). The van der Waals surface area contributed by atoms with E-state index in [4.69, 9.17) is 30.6 Å². The van der Waals surface area contributed by atoms with Crippen molar-refractivity contribution in [1.82, 2.24) is 0 Å². The van der Waals surface area contributed by atoms with E-state index in [1.807, 2.05) is 0 Å². The highest BCUT2D eigenvalue weighted by Crippen LogP contribution is 2.20. The Bertz CT molecular complexity index is 429. The Hall–Kier alpha value is -2.79. The topological polar surface area (TPSA) is 233 Å². The predicted octanol–water partition coefficient (Wildman–Crippen LogP) is 0.452. The third-order valence-electron chi connectivity index (χ3n) is 2.11. The molecule has 0 aliphatic carbocycles. The van der Waals surface area contributed by atoms with E-state index in [1.165, 1.54) is 0 Å². The molecule has 0 spiro atoms. The van der Waals surface area contributed by atoms with Crippen molar-refractivity contribution in [3.05, 3.63) is 0 Å². The number of hydrogen-bond acceptors (Lipinski definition) is 7. The van der Waals surface area contributed by atoms with Gasteiger partial charge in [-0.1, -0.05) is 0 Å². The van der Waals surface area contributed by atoms with Gasteiger partial charge in [0.05, 0.1) is 0 Å². The molecule has 0 atom stereocenters. The van der Waals surface area contributed by atoms with Gasteiger partial charge in [0.15, 0.2) is 0 Å². The summed E-state index contributed by atoms with van der Waals surface area (Å²) < 4.78 is 3.88. The molecule has 0 aliphatic heterocycles. The monoisotopic (exact) mass is 342 g/mol. The van der Waals surface area contributed by atoms with Crippen molar-refractivity contribution >= 4 is 50.2 Å². The lowest BCUT2D eigenvalue weighted by Crippen LogP contribution is -2.73. The quantitative estimate of drug-likeness (QED) is 0.329. The highest BCUT2D eigenvalue weighted by molar-refractivity contribution is 7.44. The Kier molecular flexibility index (Phi) is 4.93. The van der Waals surface area contributed by atoms with E-state index in [2.05, 4.69) is 4.12 Å². The van der Waals surface area contributed by atoms with Crippen molar-refractivity contribution in [3.8, 4) is 0 Å². The first-order valence-electron chi connectivity index (χ1n) is 4.47. The molecule has 0 fully saturated rings. The van der Waals surface area contributed by atoms with Gasteiger partial charge < -0.3 is 34.8 Å². The first kappa shape index (κ1) is 18.2. The Morgan fingerprint density at radius 3 is 0.714 bits per heavy atom. The molecular formula is C6H6O13Si2. The third kappa shape index (κ3) is 2.59. The molecule has 0 saturated heterocycles. The normalized spacial score (nSPS) is 11.4. The molecule has 0 heterocycles. The van der Waals surface area contributed by atoms with E-state index >= 15 is 0 Å². The van der Waals surface area contributed by atoms with Crippen LogP contribution in [-0.4, -0.2) is 80.8 Å². The summed E-state index contributed by atoms with van der Waals surface area (Å²) in [5.74, 6) is 0. The summed E-state index contributed by atoms with van der Waals surface area (Å²) in [6, 6.07) is 0. The summed E-state index contributed by atoms with van der Waals surface area (Å²) >= 11 is 0. The smallest absolute Gasteiger partial charge is 0.483 e. The van der Waals surface area contributed by atoms with Gasteiger partial charge in [0, 0.05) is 0 Å². The second kappa shape index (κ2) is 5.68. The lowest BCUT2D eigenvalue weighted by Gasteiger charge is -2.25. The maximum absolute atomic E-state index is 10.9. The minimum absolute atomic E-state index is 2.66. The maximum atomic E-state index is 10.9. The van der Waals surface area contributed by atoms with Crippen LogP contribution in [-0.2, 0) is 4.12 Å². The third-order valence-corrected chi connectivity index (χ3v) is 8.18. The molecule has 0 saturated carbocycles. The number of rotatable bonds is 8. The molecular weight excluding hydrogens is 336 g/mol. The van der Waals surface area contributed by atoms with Crippen LogP contribution < -0.4 is 0 Å². The van der Waals surface area contributed by atoms with Gasteiger partial charge in [-0.05, 0) is 0 Å². The molecule has 0 aliphatic rings. The van der Waals surface area contributed by atoms with Crippen LogP contribution in [0.2, 0.25) is 0 Å². The Morgan fingerprint density at radius 1 is 0.476 bits per heavy atom. The zero-order chi connectivity index (χ0) is 17.2. The lowest BCUT2D eigenvalue weighted by atomic mass is 11.5. The molecule has 0 unspecified atom stereocenters. The summed E-state index contributed by atoms with van der Waals surface area (Å²) in [6.45, 7) is 0. The number of carbonyl (C=O) groups is 6. The number of carboxylic acid groups (broad SMARTS) is 6. The molecule has 13 nitrogen and oxygen atoms in total. The molecule has 15 heteroatoms. The van der Waals surface area contributed by atoms with Crippen LogP contribution in [0, 0.1) is 0 Å². The highest BCUT2D eigenvalue weighted by atomic mass is 28.4. The van der Waals surface area contributed by atoms with Crippen LogP contribution in [0.15, 0.2) is 0 Å². The minimum atomic E-state index is -6.18. The lowest BCUT2D eigenvalue weighted by molar-refractivity contribution is 0.185. The zero-order valence-electron chi connectivity index (χ0n) is 9.54. The fraction of sp³-hybridized carbons (Fsp3) is 0. The van der Waals surface area contributed by atoms with Gasteiger partial charge in [0.2, 0.25) is 0 Å². The van der Waals surface area contributed by atoms with E-state index in [9.17, 15) is 28.8 Å². The summed E-state index contributed by atoms with van der Waals surface area (Å²) in [7, 11) is -12.4. The van der Waals surface area contributed by atoms with Crippen molar-refractivity contribution < 1.29 is 63.5 Å². The average Bonchev–Trinajstić information content (AvgIpc) is 2.26. The zero-order valence-corrected chi connectivity index (χ0v) is 11.5. The largest absolute Gasteiger partial charge is 0.547 e. The van der Waals surface area contributed by atoms with Gasteiger partial charge in [-0.15, -0.1) is 0 Å². The Balaban J connectivity index is 6.47. The van der Waals surface area contributed by atoms with Gasteiger partial charge in [0.1, 0.15) is 0 Å². The van der Waals surface area contributed by atoms with Gasteiger partial charge in [-0.25, -0.2) is 0 Å². The van der Waals surface area contributed by atoms with Crippen molar-refractivity contribution in [2.45, 2.75) is 0 Å². The van der Waals surface area contributed by atoms with Crippen LogP contribution in [0.1, 0.15) is 0 Å². The SMILES string of the molecule is O=C(O)[Si](O[Si](C(=O)O)(C(=O)O)C(=O)O)(C(=O)O)C(=O)O. The molecule has 0 radical (unpaired) electrons. The van der Waals surface area contributed by atoms with E-state index in [-0.39, 0.29) is 0 Å². The van der Waals surface area contributed by atoms with Crippen LogP contribution in [0.3, 0.4) is 0 Å². The molecule has 21 heavy (non-hydrogen) atoms. The molecule has 6 N–H and O–H groups in total. The number of hydrogen-bond donors (Lipinski definition) is 6. The van der Waals surface area contributed by atoms with Crippen molar-refractivity contribution in [1.29, 1.82) is 0 Å². The van der Waals surface area contributed by atoms with E-state index in [0.29, 0.717) is 0 Å². The molecule has 0 bridgehead atoms. The predicted molar refractivity (Wildman–Crippen MR) is 60.7 cm³/mol. The second-order valence-electron chi connectivity index (χ2n) is 3.30. The van der Waals surface area contributed by atoms with Crippen LogP contribution in [0.25, 0.3) is 0 Å². The van der Waals surface area contributed by atoms with Crippen molar-refractivity contribution in [3.63, 3.8) is 0 Å². The van der Waals surface area contributed by atoms with Crippen molar-refractivity contribution in [2.75, 3.05) is 0 Å². The summed E-state index contributed by atoms with van der Waals surface area (Å²) in [5, 5.41) is 52.2. The van der Waals surface area contributed by atoms with Gasteiger partial charge in [0.25, 0.3) is 0 Å². The molecule has 0 aromatic rings. The van der Waals surface area contributed by atoms with Gasteiger partial charge in [-0.3, -0.25) is 28.8 Å². The van der Waals surface area contributed by atoms with Crippen molar-refractivity contribution in [2.24, 2.45) is 0 Å². The van der Waals surface area contributed by atoms with E-state index in [0.717, 1.165) is 0 Å². The first-order valence-corrected chi connectivity index (χ1v) is 8.29. The minimum Gasteiger partial charge on any atom is -0.483 e. The average molecular weight is 342 g/mol. The van der Waals surface area contributed by atoms with Crippen LogP contribution >= 0.6 is 0 Å². The maximum Gasteiger partial charge on any atom is 0.547 e. The Labute approximate surface area is 114 Å². The molecule has 0 amide bonds. The van der Waals surface area contributed by atoms with E-state index in [1.54, 1.807) is 0 Å². The molecule has 0 rings (SSSR count). The molecule has 0 aromatic heterocycles. The second-order valence-corrected chi connectivity index (χ2v) is 9.40. The van der Waals surface area contributed by atoms with Gasteiger partial charge in [-0.2, -0.15) is 0 Å². The van der Waals surface area contributed by atoms with Crippen LogP contribution in [0.4, 0.5) is 28.8 Å². The fourth-order valence-corrected chi connectivity index (χ4v) is 6.07. The van der Waals surface area contributed by atoms with Crippen LogP contribution in [0.5, 0.6) is 0 Å². The van der Waals surface area contributed by atoms with Gasteiger partial charge >= 0.3 is 50.2 Å². The summed E-state index contributed by atoms with van der Waals surface area (Å²) in [5.41, 5.74) is -16.0. The fourth-order valence-electron chi connectivity index (χ4n) is 1.04. The highest BCUT2D eigenvalue weighted by Gasteiger charge is 2.75. The molecule has 116 valence electrons. The Morgan fingerprint density at radius 2 is 0.619 bits per heavy atom. The summed E-state index contributed by atoms with van der Waals surface area (Å²) in [6.07, 6.45) is 0. The summed E-state index contributed by atoms with van der Waals surface area (Å²) in [4.78, 5) is 65.2. The first-order chi connectivity index (χ1) is 9.37. The van der Waals surface area contributed by atoms with E-state index < -0.39 is 50.2 Å². The molecule has 0 aromatic carbocycles.